The zero-order valence-electron chi connectivity index (χ0n) is 10.7. The van der Waals surface area contributed by atoms with Crippen molar-refractivity contribution in [2.24, 2.45) is 0 Å². The van der Waals surface area contributed by atoms with Crippen LogP contribution in [0.2, 0.25) is 0 Å². The summed E-state index contributed by atoms with van der Waals surface area (Å²) in [7, 11) is 0. The van der Waals surface area contributed by atoms with Crippen molar-refractivity contribution in [1.82, 2.24) is 4.90 Å². The molecule has 0 aliphatic carbocycles. The van der Waals surface area contributed by atoms with Gasteiger partial charge in [-0.05, 0) is 32.0 Å². The maximum absolute atomic E-state index is 12.6. The van der Waals surface area contributed by atoms with Gasteiger partial charge in [-0.2, -0.15) is 13.2 Å². The summed E-state index contributed by atoms with van der Waals surface area (Å²) in [5, 5.41) is 0.579. The summed E-state index contributed by atoms with van der Waals surface area (Å²) < 4.78 is 37.8. The van der Waals surface area contributed by atoms with E-state index in [0.717, 1.165) is 12.1 Å². The van der Waals surface area contributed by atoms with Crippen molar-refractivity contribution in [2.45, 2.75) is 26.1 Å². The molecule has 0 N–H and O–H groups in total. The number of alkyl halides is 4. The van der Waals surface area contributed by atoms with Gasteiger partial charge in [-0.25, -0.2) is 0 Å². The van der Waals surface area contributed by atoms with Crippen LogP contribution in [0.5, 0.6) is 0 Å². The number of hydrogen-bond donors (Lipinski definition) is 0. The highest BCUT2D eigenvalue weighted by molar-refractivity contribution is 9.09. The average Bonchev–Trinajstić information content (AvgIpc) is 2.34. The van der Waals surface area contributed by atoms with Crippen LogP contribution in [0.1, 0.15) is 29.8 Å². The molecule has 106 valence electrons. The second-order valence-corrected chi connectivity index (χ2v) is 5.15. The van der Waals surface area contributed by atoms with Crippen LogP contribution in [0.4, 0.5) is 13.2 Å². The highest BCUT2D eigenvalue weighted by Crippen LogP contribution is 2.29. The zero-order chi connectivity index (χ0) is 14.6. The van der Waals surface area contributed by atoms with Gasteiger partial charge in [-0.15, -0.1) is 0 Å². The summed E-state index contributed by atoms with van der Waals surface area (Å²) >= 11 is 3.23. The van der Waals surface area contributed by atoms with Crippen LogP contribution < -0.4 is 0 Å². The number of rotatable bonds is 4. The molecule has 0 fully saturated rings. The van der Waals surface area contributed by atoms with Crippen LogP contribution in [0.15, 0.2) is 24.3 Å². The van der Waals surface area contributed by atoms with Crippen molar-refractivity contribution in [3.63, 3.8) is 0 Å². The molecule has 0 unspecified atom stereocenters. The van der Waals surface area contributed by atoms with Crippen molar-refractivity contribution in [3.8, 4) is 0 Å². The van der Waals surface area contributed by atoms with Crippen molar-refractivity contribution >= 4 is 21.8 Å². The van der Waals surface area contributed by atoms with E-state index in [0.29, 0.717) is 11.9 Å². The third-order valence-electron chi connectivity index (χ3n) is 2.65. The summed E-state index contributed by atoms with van der Waals surface area (Å²) in [6, 6.07) is 4.44. The molecule has 2 nitrogen and oxygen atoms in total. The molecule has 0 saturated heterocycles. The third kappa shape index (κ3) is 4.23. The van der Waals surface area contributed by atoms with Crippen LogP contribution in [0.3, 0.4) is 0 Å². The van der Waals surface area contributed by atoms with Gasteiger partial charge in [0.05, 0.1) is 5.56 Å². The molecule has 0 aromatic heterocycles. The van der Waals surface area contributed by atoms with Crippen LogP contribution in [-0.2, 0) is 6.18 Å². The van der Waals surface area contributed by atoms with E-state index < -0.39 is 11.7 Å². The molecule has 1 rings (SSSR count). The smallest absolute Gasteiger partial charge is 0.335 e. The van der Waals surface area contributed by atoms with Gasteiger partial charge in [0.2, 0.25) is 0 Å². The molecular weight excluding hydrogens is 323 g/mol. The first-order valence-electron chi connectivity index (χ1n) is 5.81. The normalized spacial score (nSPS) is 11.7. The summed E-state index contributed by atoms with van der Waals surface area (Å²) in [5.74, 6) is -0.388. The maximum Gasteiger partial charge on any atom is 0.416 e. The Bertz CT molecular complexity index is 446. The molecule has 0 saturated carbocycles. The topological polar surface area (TPSA) is 20.3 Å². The summed E-state index contributed by atoms with van der Waals surface area (Å²) in [6.07, 6.45) is -4.44. The van der Waals surface area contributed by atoms with Gasteiger partial charge in [-0.3, -0.25) is 4.79 Å². The monoisotopic (exact) mass is 337 g/mol. The third-order valence-corrected chi connectivity index (χ3v) is 3.00. The van der Waals surface area contributed by atoms with Gasteiger partial charge in [0.15, 0.2) is 0 Å². The Morgan fingerprint density at radius 2 is 2.00 bits per heavy atom. The predicted molar refractivity (Wildman–Crippen MR) is 71.4 cm³/mol. The Balaban J connectivity index is 3.05. The number of carbonyl (C=O) groups excluding carboxylic acids is 1. The second-order valence-electron chi connectivity index (χ2n) is 4.36. The minimum atomic E-state index is -4.44. The first-order valence-corrected chi connectivity index (χ1v) is 6.93. The van der Waals surface area contributed by atoms with E-state index in [2.05, 4.69) is 15.9 Å². The number of carbonyl (C=O) groups is 1. The highest BCUT2D eigenvalue weighted by Gasteiger charge is 2.31. The number of hydrogen-bond acceptors (Lipinski definition) is 1. The summed E-state index contributed by atoms with van der Waals surface area (Å²) in [5.41, 5.74) is -0.745. The molecule has 0 bridgehead atoms. The molecule has 0 spiro atoms. The van der Waals surface area contributed by atoms with Crippen molar-refractivity contribution in [1.29, 1.82) is 0 Å². The maximum atomic E-state index is 12.6. The Morgan fingerprint density at radius 3 is 2.47 bits per heavy atom. The summed E-state index contributed by atoms with van der Waals surface area (Å²) in [4.78, 5) is 13.7. The fourth-order valence-corrected chi connectivity index (χ4v) is 2.06. The van der Waals surface area contributed by atoms with Gasteiger partial charge in [0.1, 0.15) is 0 Å². The quantitative estimate of drug-likeness (QED) is 0.762. The van der Waals surface area contributed by atoms with Gasteiger partial charge >= 0.3 is 6.18 Å². The molecule has 1 aromatic carbocycles. The Labute approximate surface area is 118 Å². The zero-order valence-corrected chi connectivity index (χ0v) is 12.3. The molecule has 0 atom stereocenters. The molecule has 0 aliphatic heterocycles. The number of halogens is 4. The number of amides is 1. The molecule has 6 heteroatoms. The molecule has 19 heavy (non-hydrogen) atoms. The largest absolute Gasteiger partial charge is 0.416 e. The van der Waals surface area contributed by atoms with Gasteiger partial charge in [0.25, 0.3) is 5.91 Å². The average molecular weight is 338 g/mol. The lowest BCUT2D eigenvalue weighted by Gasteiger charge is -2.26. The number of benzene rings is 1. The molecule has 1 amide bonds. The van der Waals surface area contributed by atoms with Crippen molar-refractivity contribution in [2.75, 3.05) is 11.9 Å². The first-order chi connectivity index (χ1) is 8.77. The van der Waals surface area contributed by atoms with Gasteiger partial charge in [-0.1, -0.05) is 22.0 Å². The molecule has 0 heterocycles. The highest BCUT2D eigenvalue weighted by atomic mass is 79.9. The molecule has 0 radical (unpaired) electrons. The van der Waals surface area contributed by atoms with Gasteiger partial charge < -0.3 is 4.90 Å². The second kappa shape index (κ2) is 6.41. The Kier molecular flexibility index (Phi) is 5.40. The van der Waals surface area contributed by atoms with E-state index in [1.54, 1.807) is 0 Å². The summed E-state index contributed by atoms with van der Waals surface area (Å²) in [6.45, 7) is 4.11. The lowest BCUT2D eigenvalue weighted by molar-refractivity contribution is -0.137. The molecule has 1 aromatic rings. The molecular formula is C13H15BrF3NO. The van der Waals surface area contributed by atoms with Crippen LogP contribution >= 0.6 is 15.9 Å². The van der Waals surface area contributed by atoms with Gasteiger partial charge in [0, 0.05) is 23.5 Å². The van der Waals surface area contributed by atoms with Crippen molar-refractivity contribution in [3.05, 3.63) is 35.4 Å². The minimum absolute atomic E-state index is 0.0597. The van der Waals surface area contributed by atoms with E-state index in [1.165, 1.54) is 17.0 Å². The van der Waals surface area contributed by atoms with E-state index in [-0.39, 0.29) is 17.5 Å². The SMILES string of the molecule is CC(C)N(CCBr)C(=O)c1cccc(C(F)(F)F)c1. The van der Waals surface area contributed by atoms with Crippen LogP contribution in [0.25, 0.3) is 0 Å². The van der Waals surface area contributed by atoms with E-state index in [9.17, 15) is 18.0 Å². The lowest BCUT2D eigenvalue weighted by Crippen LogP contribution is -2.38. The van der Waals surface area contributed by atoms with Crippen LogP contribution in [0, 0.1) is 0 Å². The fourth-order valence-electron chi connectivity index (χ4n) is 1.68. The Morgan fingerprint density at radius 1 is 1.37 bits per heavy atom. The molecule has 0 aliphatic rings. The van der Waals surface area contributed by atoms with E-state index in [4.69, 9.17) is 0 Å². The van der Waals surface area contributed by atoms with Crippen molar-refractivity contribution < 1.29 is 18.0 Å². The van der Waals surface area contributed by atoms with Crippen LogP contribution in [-0.4, -0.2) is 28.7 Å². The minimum Gasteiger partial charge on any atom is -0.335 e. The number of nitrogens with zero attached hydrogens (tertiary/aromatic N) is 1. The van der Waals surface area contributed by atoms with E-state index in [1.807, 2.05) is 13.8 Å². The predicted octanol–water partition coefficient (Wildman–Crippen LogP) is 3.95. The Hall–Kier alpha value is -1.04. The van der Waals surface area contributed by atoms with E-state index >= 15 is 0 Å². The standard InChI is InChI=1S/C13H15BrF3NO/c1-9(2)18(7-6-14)12(19)10-4-3-5-11(8-10)13(15,16)17/h3-5,8-9H,6-7H2,1-2H3. The lowest BCUT2D eigenvalue weighted by atomic mass is 10.1. The fraction of sp³-hybridized carbons (Fsp3) is 0.462. The first kappa shape index (κ1) is 16.0.